The lowest BCUT2D eigenvalue weighted by molar-refractivity contribution is -0.110. The van der Waals surface area contributed by atoms with E-state index >= 15 is 0 Å². The van der Waals surface area contributed by atoms with Crippen molar-refractivity contribution in [1.29, 1.82) is 0 Å². The first-order valence-electron chi connectivity index (χ1n) is 6.05. The fourth-order valence-corrected chi connectivity index (χ4v) is 2.61. The molecule has 0 saturated heterocycles. The number of hydrogen-bond acceptors (Lipinski definition) is 3. The van der Waals surface area contributed by atoms with Crippen LogP contribution in [0.3, 0.4) is 0 Å². The van der Waals surface area contributed by atoms with Gasteiger partial charge in [-0.1, -0.05) is 6.07 Å². The highest BCUT2D eigenvalue weighted by atomic mass is 79.9. The average molecular weight is 331 g/mol. The Balaban J connectivity index is 2.14. The van der Waals surface area contributed by atoms with Crippen molar-refractivity contribution >= 4 is 38.9 Å². The summed E-state index contributed by atoms with van der Waals surface area (Å²) in [5, 5.41) is 12.1. The molecule has 0 atom stereocenters. The Morgan fingerprint density at radius 2 is 1.85 bits per heavy atom. The smallest absolute Gasteiger partial charge is 0.275 e. The van der Waals surface area contributed by atoms with Gasteiger partial charge in [0.1, 0.15) is 11.5 Å². The number of hydrogen-bond donors (Lipinski definition) is 2. The van der Waals surface area contributed by atoms with Crippen molar-refractivity contribution in [3.63, 3.8) is 0 Å². The number of aromatic hydroxyl groups is 1. The van der Waals surface area contributed by atoms with Gasteiger partial charge in [-0.2, -0.15) is 0 Å². The van der Waals surface area contributed by atoms with Gasteiger partial charge in [0.2, 0.25) is 0 Å². The van der Waals surface area contributed by atoms with Crippen LogP contribution in [0.1, 0.15) is 11.1 Å². The van der Waals surface area contributed by atoms with E-state index in [1.165, 1.54) is 0 Å². The summed E-state index contributed by atoms with van der Waals surface area (Å²) in [7, 11) is 0. The zero-order valence-corrected chi connectivity index (χ0v) is 12.2. The van der Waals surface area contributed by atoms with Crippen LogP contribution in [0.15, 0.2) is 45.9 Å². The Bertz CT molecular complexity index is 736. The largest absolute Gasteiger partial charge is 0.508 e. The molecule has 0 fully saturated rings. The average Bonchev–Trinajstić information content (AvgIpc) is 2.74. The van der Waals surface area contributed by atoms with Crippen molar-refractivity contribution in [1.82, 2.24) is 0 Å². The SMILES string of the molecule is Cc1ccc2c(c1Br)C(=Nc1ccc(O)cc1)C(=O)N2. The van der Waals surface area contributed by atoms with Crippen LogP contribution in [0, 0.1) is 6.92 Å². The molecule has 3 rings (SSSR count). The minimum atomic E-state index is -0.223. The Morgan fingerprint density at radius 3 is 2.55 bits per heavy atom. The summed E-state index contributed by atoms with van der Waals surface area (Å²) in [5.74, 6) is -0.0541. The first kappa shape index (κ1) is 12.9. The molecule has 0 bridgehead atoms. The molecular formula is C15H11BrN2O2. The molecule has 5 heteroatoms. The quantitative estimate of drug-likeness (QED) is 0.840. The Kier molecular flexibility index (Phi) is 3.06. The number of carbonyl (C=O) groups is 1. The van der Waals surface area contributed by atoms with E-state index in [1.54, 1.807) is 24.3 Å². The predicted molar refractivity (Wildman–Crippen MR) is 81.8 cm³/mol. The highest BCUT2D eigenvalue weighted by Crippen LogP contribution is 2.34. The van der Waals surface area contributed by atoms with E-state index in [0.29, 0.717) is 11.4 Å². The molecule has 1 aliphatic rings. The highest BCUT2D eigenvalue weighted by Gasteiger charge is 2.28. The standard InChI is InChI=1S/C15H11BrN2O2/c1-8-2-7-11-12(13(8)16)14(15(20)18-11)17-9-3-5-10(19)6-4-9/h2-7,19H,1H3,(H,17,18,20). The van der Waals surface area contributed by atoms with Crippen LogP contribution >= 0.6 is 15.9 Å². The number of aryl methyl sites for hydroxylation is 1. The van der Waals surface area contributed by atoms with Crippen molar-refractivity contribution in [2.75, 3.05) is 5.32 Å². The molecule has 0 spiro atoms. The molecule has 20 heavy (non-hydrogen) atoms. The fourth-order valence-electron chi connectivity index (χ4n) is 2.07. The van der Waals surface area contributed by atoms with Gasteiger partial charge in [-0.15, -0.1) is 0 Å². The van der Waals surface area contributed by atoms with Gasteiger partial charge in [0, 0.05) is 10.0 Å². The minimum absolute atomic E-state index is 0.169. The molecule has 1 heterocycles. The molecule has 0 aliphatic carbocycles. The van der Waals surface area contributed by atoms with Gasteiger partial charge in [0.05, 0.1) is 11.4 Å². The maximum Gasteiger partial charge on any atom is 0.275 e. The van der Waals surface area contributed by atoms with Crippen molar-refractivity contribution in [2.45, 2.75) is 6.92 Å². The molecule has 2 aromatic carbocycles. The van der Waals surface area contributed by atoms with Gasteiger partial charge in [0.15, 0.2) is 0 Å². The third-order valence-electron chi connectivity index (χ3n) is 3.13. The van der Waals surface area contributed by atoms with E-state index in [-0.39, 0.29) is 11.7 Å². The van der Waals surface area contributed by atoms with Crippen LogP contribution in [0.2, 0.25) is 0 Å². The maximum absolute atomic E-state index is 12.1. The number of nitrogens with one attached hydrogen (secondary N) is 1. The molecule has 4 nitrogen and oxygen atoms in total. The number of halogens is 1. The molecule has 0 unspecified atom stereocenters. The first-order valence-corrected chi connectivity index (χ1v) is 6.84. The molecule has 2 N–H and O–H groups in total. The van der Waals surface area contributed by atoms with Gasteiger partial charge in [-0.05, 0) is 58.7 Å². The number of anilines is 1. The third-order valence-corrected chi connectivity index (χ3v) is 4.15. The highest BCUT2D eigenvalue weighted by molar-refractivity contribution is 9.10. The summed E-state index contributed by atoms with van der Waals surface area (Å²) in [5.41, 5.74) is 3.57. The summed E-state index contributed by atoms with van der Waals surface area (Å²) >= 11 is 3.51. The van der Waals surface area contributed by atoms with Crippen molar-refractivity contribution < 1.29 is 9.90 Å². The van der Waals surface area contributed by atoms with Crippen molar-refractivity contribution in [3.05, 3.63) is 52.0 Å². The maximum atomic E-state index is 12.1. The Hall–Kier alpha value is -2.14. The number of benzene rings is 2. The number of phenols is 1. The zero-order chi connectivity index (χ0) is 14.3. The van der Waals surface area contributed by atoms with Crippen molar-refractivity contribution in [2.24, 2.45) is 4.99 Å². The van der Waals surface area contributed by atoms with Gasteiger partial charge < -0.3 is 10.4 Å². The summed E-state index contributed by atoms with van der Waals surface area (Å²) in [6.45, 7) is 1.96. The fraction of sp³-hybridized carbons (Fsp3) is 0.0667. The van der Waals surface area contributed by atoms with E-state index in [0.717, 1.165) is 21.3 Å². The second-order valence-corrected chi connectivity index (χ2v) is 5.34. The van der Waals surface area contributed by atoms with Crippen LogP contribution in [0.5, 0.6) is 5.75 Å². The lowest BCUT2D eigenvalue weighted by Gasteiger charge is -2.04. The summed E-state index contributed by atoms with van der Waals surface area (Å²) in [6.07, 6.45) is 0. The van der Waals surface area contributed by atoms with Crippen LogP contribution in [-0.4, -0.2) is 16.7 Å². The van der Waals surface area contributed by atoms with E-state index in [4.69, 9.17) is 0 Å². The number of fused-ring (bicyclic) bond motifs is 1. The van der Waals surface area contributed by atoms with E-state index in [9.17, 15) is 9.90 Å². The molecule has 0 saturated carbocycles. The number of carbonyl (C=O) groups excluding carboxylic acids is 1. The number of nitrogens with zero attached hydrogens (tertiary/aromatic N) is 1. The number of aliphatic imine (C=N–C) groups is 1. The van der Waals surface area contributed by atoms with Crippen LogP contribution in [0.4, 0.5) is 11.4 Å². The van der Waals surface area contributed by atoms with Gasteiger partial charge in [-0.25, -0.2) is 4.99 Å². The first-order chi connectivity index (χ1) is 9.56. The van der Waals surface area contributed by atoms with E-state index in [2.05, 4.69) is 26.2 Å². The second-order valence-electron chi connectivity index (χ2n) is 4.55. The van der Waals surface area contributed by atoms with Gasteiger partial charge in [-0.3, -0.25) is 4.79 Å². The molecular weight excluding hydrogens is 320 g/mol. The second kappa shape index (κ2) is 4.76. The van der Waals surface area contributed by atoms with Crippen molar-refractivity contribution in [3.8, 4) is 5.75 Å². The lowest BCUT2D eigenvalue weighted by atomic mass is 10.1. The van der Waals surface area contributed by atoms with Crippen LogP contribution < -0.4 is 5.32 Å². The summed E-state index contributed by atoms with van der Waals surface area (Å²) in [6, 6.07) is 10.2. The van der Waals surface area contributed by atoms with Crippen LogP contribution in [-0.2, 0) is 4.79 Å². The number of phenolic OH excluding ortho intramolecular Hbond substituents is 1. The normalized spacial score (nSPS) is 15.3. The lowest BCUT2D eigenvalue weighted by Crippen LogP contribution is -2.14. The van der Waals surface area contributed by atoms with Gasteiger partial charge >= 0.3 is 0 Å². The Morgan fingerprint density at radius 1 is 1.15 bits per heavy atom. The van der Waals surface area contributed by atoms with Crippen LogP contribution in [0.25, 0.3) is 0 Å². The topological polar surface area (TPSA) is 61.7 Å². The monoisotopic (exact) mass is 330 g/mol. The molecule has 0 aromatic heterocycles. The molecule has 0 radical (unpaired) electrons. The molecule has 1 aliphatic heterocycles. The predicted octanol–water partition coefficient (Wildman–Crippen LogP) is 3.54. The Labute approximate surface area is 124 Å². The van der Waals surface area contributed by atoms with Gasteiger partial charge in [0.25, 0.3) is 5.91 Å². The molecule has 1 amide bonds. The number of rotatable bonds is 1. The third kappa shape index (κ3) is 2.10. The zero-order valence-electron chi connectivity index (χ0n) is 10.6. The molecule has 2 aromatic rings. The van der Waals surface area contributed by atoms with E-state index in [1.807, 2.05) is 19.1 Å². The minimum Gasteiger partial charge on any atom is -0.508 e. The van der Waals surface area contributed by atoms with E-state index < -0.39 is 0 Å². The summed E-state index contributed by atoms with van der Waals surface area (Å²) < 4.78 is 0.867. The summed E-state index contributed by atoms with van der Waals surface area (Å²) in [4.78, 5) is 16.4. The molecule has 100 valence electrons. The number of amides is 1.